The highest BCUT2D eigenvalue weighted by molar-refractivity contribution is 5.71. The molecule has 96 valence electrons. The summed E-state index contributed by atoms with van der Waals surface area (Å²) in [6, 6.07) is 9.72. The minimum absolute atomic E-state index is 0.158. The van der Waals surface area contributed by atoms with Crippen molar-refractivity contribution < 1.29 is 20.1 Å². The molecule has 1 aliphatic heterocycles. The Labute approximate surface area is 109 Å². The molecule has 0 bridgehead atoms. The van der Waals surface area contributed by atoms with Crippen molar-refractivity contribution in [3.05, 3.63) is 53.8 Å². The molecule has 0 spiro atoms. The van der Waals surface area contributed by atoms with Crippen molar-refractivity contribution in [3.63, 3.8) is 0 Å². The average Bonchev–Trinajstić information content (AvgIpc) is 2.40. The molecule has 0 unspecified atom stereocenters. The average molecular weight is 256 g/mol. The second-order valence-electron chi connectivity index (χ2n) is 4.43. The van der Waals surface area contributed by atoms with E-state index in [0.29, 0.717) is 12.2 Å². The summed E-state index contributed by atoms with van der Waals surface area (Å²) >= 11 is 0. The normalized spacial score (nSPS) is 13.4. The van der Waals surface area contributed by atoms with E-state index in [9.17, 15) is 15.3 Å². The van der Waals surface area contributed by atoms with Gasteiger partial charge in [0.05, 0.1) is 6.26 Å². The predicted octanol–water partition coefficient (Wildman–Crippen LogP) is 2.78. The van der Waals surface area contributed by atoms with Crippen LogP contribution in [0, 0.1) is 0 Å². The number of phenolic OH excluding ortho intramolecular Hbond substituents is 3. The monoisotopic (exact) mass is 256 g/mol. The Kier molecular flexibility index (Phi) is 2.56. The van der Waals surface area contributed by atoms with Gasteiger partial charge in [-0.05, 0) is 29.3 Å². The summed E-state index contributed by atoms with van der Waals surface area (Å²) in [5.74, 6) is 0.399. The smallest absolute Gasteiger partial charge is 0.161 e. The molecule has 0 aliphatic carbocycles. The third-order valence-electron chi connectivity index (χ3n) is 3.10. The topological polar surface area (TPSA) is 69.9 Å². The molecule has 0 saturated heterocycles. The van der Waals surface area contributed by atoms with Gasteiger partial charge < -0.3 is 20.1 Å². The van der Waals surface area contributed by atoms with Crippen molar-refractivity contribution in [3.8, 4) is 23.0 Å². The van der Waals surface area contributed by atoms with Crippen LogP contribution in [-0.2, 0) is 6.42 Å². The van der Waals surface area contributed by atoms with Crippen LogP contribution in [0.1, 0.15) is 11.1 Å². The first-order chi connectivity index (χ1) is 9.13. The van der Waals surface area contributed by atoms with E-state index in [2.05, 4.69) is 0 Å². The van der Waals surface area contributed by atoms with Crippen LogP contribution in [0.5, 0.6) is 23.0 Å². The molecular formula is C15H12O4. The van der Waals surface area contributed by atoms with Crippen molar-refractivity contribution in [2.75, 3.05) is 0 Å². The highest BCUT2D eigenvalue weighted by Gasteiger charge is 2.16. The second-order valence-corrected chi connectivity index (χ2v) is 4.43. The van der Waals surface area contributed by atoms with Gasteiger partial charge in [0.15, 0.2) is 11.5 Å². The third kappa shape index (κ3) is 2.08. The van der Waals surface area contributed by atoms with Crippen molar-refractivity contribution in [2.24, 2.45) is 0 Å². The van der Waals surface area contributed by atoms with Gasteiger partial charge in [-0.3, -0.25) is 0 Å². The summed E-state index contributed by atoms with van der Waals surface area (Å²) in [6.07, 6.45) is 2.21. The van der Waals surface area contributed by atoms with E-state index >= 15 is 0 Å². The van der Waals surface area contributed by atoms with Gasteiger partial charge in [-0.1, -0.05) is 12.1 Å². The van der Waals surface area contributed by atoms with Crippen LogP contribution in [0.4, 0.5) is 0 Å². The summed E-state index contributed by atoms with van der Waals surface area (Å²) in [6.45, 7) is 0. The van der Waals surface area contributed by atoms with Gasteiger partial charge in [-0.2, -0.15) is 0 Å². The van der Waals surface area contributed by atoms with E-state index in [0.717, 1.165) is 16.7 Å². The van der Waals surface area contributed by atoms with Crippen molar-refractivity contribution in [1.29, 1.82) is 0 Å². The molecule has 3 N–H and O–H groups in total. The third-order valence-corrected chi connectivity index (χ3v) is 3.10. The lowest BCUT2D eigenvalue weighted by Gasteiger charge is -2.18. The van der Waals surface area contributed by atoms with Crippen LogP contribution in [0.25, 0.3) is 5.57 Å². The first kappa shape index (κ1) is 11.5. The maximum absolute atomic E-state index is 9.51. The Hall–Kier alpha value is -2.62. The Morgan fingerprint density at radius 2 is 1.58 bits per heavy atom. The number of rotatable bonds is 1. The van der Waals surface area contributed by atoms with Crippen LogP contribution >= 0.6 is 0 Å². The molecule has 0 aromatic heterocycles. The van der Waals surface area contributed by atoms with E-state index in [1.54, 1.807) is 30.5 Å². The van der Waals surface area contributed by atoms with Crippen molar-refractivity contribution in [2.45, 2.75) is 6.42 Å². The molecule has 3 rings (SSSR count). The molecule has 4 heteroatoms. The molecule has 4 nitrogen and oxygen atoms in total. The quantitative estimate of drug-likeness (QED) is 0.686. The fourth-order valence-electron chi connectivity index (χ4n) is 2.08. The zero-order valence-corrected chi connectivity index (χ0v) is 10.00. The van der Waals surface area contributed by atoms with E-state index in [4.69, 9.17) is 4.74 Å². The summed E-state index contributed by atoms with van der Waals surface area (Å²) < 4.78 is 5.46. The fourth-order valence-corrected chi connectivity index (χ4v) is 2.08. The largest absolute Gasteiger partial charge is 0.508 e. The van der Waals surface area contributed by atoms with Gasteiger partial charge in [-0.25, -0.2) is 0 Å². The van der Waals surface area contributed by atoms with Crippen LogP contribution < -0.4 is 4.74 Å². The summed E-state index contributed by atoms with van der Waals surface area (Å²) in [5, 5.41) is 28.2. The summed E-state index contributed by atoms with van der Waals surface area (Å²) in [5.41, 5.74) is 2.69. The molecule has 0 radical (unpaired) electrons. The molecule has 2 aromatic rings. The Morgan fingerprint density at radius 3 is 2.32 bits per heavy atom. The first-order valence-electron chi connectivity index (χ1n) is 5.83. The Bertz CT molecular complexity index is 657. The van der Waals surface area contributed by atoms with Gasteiger partial charge in [0.25, 0.3) is 0 Å². The number of allylic oxidation sites excluding steroid dienone is 1. The minimum atomic E-state index is -0.194. The van der Waals surface area contributed by atoms with Gasteiger partial charge in [-0.15, -0.1) is 0 Å². The van der Waals surface area contributed by atoms with Crippen LogP contribution in [-0.4, -0.2) is 15.3 Å². The molecule has 19 heavy (non-hydrogen) atoms. The zero-order chi connectivity index (χ0) is 13.4. The number of ether oxygens (including phenoxy) is 1. The van der Waals surface area contributed by atoms with Gasteiger partial charge in [0.2, 0.25) is 0 Å². The Balaban J connectivity index is 1.95. The van der Waals surface area contributed by atoms with E-state index in [1.165, 1.54) is 12.1 Å². The summed E-state index contributed by atoms with van der Waals surface area (Å²) in [7, 11) is 0. The molecule has 2 aromatic carbocycles. The lowest BCUT2D eigenvalue weighted by molar-refractivity contribution is 0.395. The van der Waals surface area contributed by atoms with Gasteiger partial charge >= 0.3 is 0 Å². The van der Waals surface area contributed by atoms with Crippen molar-refractivity contribution in [1.82, 2.24) is 0 Å². The maximum Gasteiger partial charge on any atom is 0.161 e. The van der Waals surface area contributed by atoms with Gasteiger partial charge in [0.1, 0.15) is 11.5 Å². The molecule has 0 saturated carbocycles. The number of phenols is 3. The number of hydrogen-bond donors (Lipinski definition) is 3. The second kappa shape index (κ2) is 4.24. The minimum Gasteiger partial charge on any atom is -0.508 e. The lowest BCUT2D eigenvalue weighted by Crippen LogP contribution is -2.02. The lowest BCUT2D eigenvalue weighted by atomic mass is 9.97. The number of benzene rings is 2. The molecule has 0 fully saturated rings. The predicted molar refractivity (Wildman–Crippen MR) is 70.2 cm³/mol. The molecule has 1 aliphatic rings. The van der Waals surface area contributed by atoms with Crippen LogP contribution in [0.15, 0.2) is 42.7 Å². The fraction of sp³-hybridized carbons (Fsp3) is 0.0667. The SMILES string of the molecule is Oc1ccc(C2=COc3cc(O)c(O)cc3C2)cc1. The van der Waals surface area contributed by atoms with E-state index in [-0.39, 0.29) is 17.2 Å². The Morgan fingerprint density at radius 1 is 0.895 bits per heavy atom. The molecule has 0 amide bonds. The zero-order valence-electron chi connectivity index (χ0n) is 10.00. The molecule has 1 heterocycles. The number of hydrogen-bond acceptors (Lipinski definition) is 4. The van der Waals surface area contributed by atoms with Gasteiger partial charge in [0, 0.05) is 18.1 Å². The molecular weight excluding hydrogens is 244 g/mol. The standard InChI is InChI=1S/C15H12O4/c16-12-3-1-9(2-4-12)11-5-10-6-13(17)14(18)7-15(10)19-8-11/h1-4,6-8,16-18H,5H2. The van der Waals surface area contributed by atoms with E-state index < -0.39 is 0 Å². The first-order valence-corrected chi connectivity index (χ1v) is 5.83. The maximum atomic E-state index is 9.51. The van der Waals surface area contributed by atoms with Crippen LogP contribution in [0.3, 0.4) is 0 Å². The highest BCUT2D eigenvalue weighted by atomic mass is 16.5. The summed E-state index contributed by atoms with van der Waals surface area (Å²) in [4.78, 5) is 0. The van der Waals surface area contributed by atoms with E-state index in [1.807, 2.05) is 0 Å². The number of aromatic hydroxyl groups is 3. The molecule has 0 atom stereocenters. The van der Waals surface area contributed by atoms with Crippen molar-refractivity contribution >= 4 is 5.57 Å². The highest BCUT2D eigenvalue weighted by Crippen LogP contribution is 2.38. The number of fused-ring (bicyclic) bond motifs is 1. The van der Waals surface area contributed by atoms with Crippen LogP contribution in [0.2, 0.25) is 0 Å².